The average Bonchev–Trinajstić information content (AvgIpc) is 1.80. The van der Waals surface area contributed by atoms with Gasteiger partial charge in [-0.1, -0.05) is 11.6 Å². The molecular weight excluding hydrogens is 143 g/mol. The first-order chi connectivity index (χ1) is 4.20. The first-order valence-electron chi connectivity index (χ1n) is 2.46. The Morgan fingerprint density at radius 2 is 2.56 bits per heavy atom. The molecule has 0 spiro atoms. The third kappa shape index (κ3) is 1.42. The van der Waals surface area contributed by atoms with Crippen LogP contribution in [-0.2, 0) is 0 Å². The summed E-state index contributed by atoms with van der Waals surface area (Å²) in [5, 5.41) is 0. The molecule has 1 aliphatic heterocycles. The minimum Gasteiger partial charge on any atom is -0.344 e. The van der Waals surface area contributed by atoms with E-state index in [0.717, 1.165) is 6.21 Å². The fourth-order valence-corrected chi connectivity index (χ4v) is 0.640. The van der Waals surface area contributed by atoms with E-state index in [1.807, 2.05) is 0 Å². The van der Waals surface area contributed by atoms with Crippen molar-refractivity contribution in [2.24, 2.45) is 4.99 Å². The molecule has 0 radical (unpaired) electrons. The van der Waals surface area contributed by atoms with E-state index in [1.54, 1.807) is 7.05 Å². The van der Waals surface area contributed by atoms with Gasteiger partial charge in [0.25, 0.3) is 0 Å². The van der Waals surface area contributed by atoms with Crippen LogP contribution in [0.1, 0.15) is 0 Å². The van der Waals surface area contributed by atoms with Crippen molar-refractivity contribution in [3.8, 4) is 0 Å². The van der Waals surface area contributed by atoms with Gasteiger partial charge in [0.05, 0.1) is 6.21 Å². The third-order valence-corrected chi connectivity index (χ3v) is 1.40. The monoisotopic (exact) mass is 148 g/mol. The molecule has 0 aromatic carbocycles. The third-order valence-electron chi connectivity index (χ3n) is 0.984. The molecule has 0 amide bonds. The smallest absolute Gasteiger partial charge is 0.197 e. The van der Waals surface area contributed by atoms with Crippen LogP contribution in [-0.4, -0.2) is 23.8 Å². The molecule has 1 aliphatic rings. The zero-order chi connectivity index (χ0) is 6.85. The zero-order valence-electron chi connectivity index (χ0n) is 4.88. The molecule has 1 unspecified atom stereocenters. The maximum Gasteiger partial charge on any atom is 0.197 e. The highest BCUT2D eigenvalue weighted by Gasteiger charge is 2.09. The number of alkyl halides is 1. The van der Waals surface area contributed by atoms with E-state index in [4.69, 9.17) is 11.6 Å². The summed E-state index contributed by atoms with van der Waals surface area (Å²) < 4.78 is 12.2. The van der Waals surface area contributed by atoms with Gasteiger partial charge in [0.15, 0.2) is 11.5 Å². The predicted molar refractivity (Wildman–Crippen MR) is 35.1 cm³/mol. The first-order valence-corrected chi connectivity index (χ1v) is 2.90. The second kappa shape index (κ2) is 2.35. The maximum absolute atomic E-state index is 12.2. The Balaban J connectivity index is 2.70. The Morgan fingerprint density at radius 3 is 3.00 bits per heavy atom. The Kier molecular flexibility index (Phi) is 1.71. The highest BCUT2D eigenvalue weighted by molar-refractivity contribution is 6.20. The second-order valence-corrected chi connectivity index (χ2v) is 2.16. The van der Waals surface area contributed by atoms with Crippen molar-refractivity contribution in [3.63, 3.8) is 0 Å². The lowest BCUT2D eigenvalue weighted by atomic mass is 10.5. The molecule has 1 heterocycles. The number of allylic oxidation sites excluding steroid dienone is 1. The zero-order valence-corrected chi connectivity index (χ0v) is 5.64. The first kappa shape index (κ1) is 6.55. The van der Waals surface area contributed by atoms with Crippen molar-refractivity contribution in [1.82, 2.24) is 4.90 Å². The Labute approximate surface area is 57.6 Å². The summed E-state index contributed by atoms with van der Waals surface area (Å²) in [6.45, 7) is 0. The van der Waals surface area contributed by atoms with Crippen molar-refractivity contribution in [3.05, 3.63) is 12.0 Å². The fourth-order valence-electron chi connectivity index (χ4n) is 0.527. The lowest BCUT2D eigenvalue weighted by Crippen LogP contribution is -2.22. The van der Waals surface area contributed by atoms with Crippen LogP contribution < -0.4 is 0 Å². The molecule has 1 rings (SSSR count). The Bertz CT molecular complexity index is 166. The van der Waals surface area contributed by atoms with E-state index < -0.39 is 5.62 Å². The van der Waals surface area contributed by atoms with Crippen LogP contribution in [0.15, 0.2) is 17.0 Å². The van der Waals surface area contributed by atoms with Crippen molar-refractivity contribution >= 4 is 17.8 Å². The highest BCUT2D eigenvalue weighted by atomic mass is 35.5. The van der Waals surface area contributed by atoms with Crippen molar-refractivity contribution < 1.29 is 4.39 Å². The van der Waals surface area contributed by atoms with Gasteiger partial charge in [-0.3, -0.25) is 0 Å². The van der Waals surface area contributed by atoms with Crippen LogP contribution in [0.3, 0.4) is 0 Å². The molecule has 0 fully saturated rings. The Hall–Kier alpha value is -0.570. The Morgan fingerprint density at radius 1 is 1.89 bits per heavy atom. The molecule has 4 heteroatoms. The molecule has 9 heavy (non-hydrogen) atoms. The molecule has 0 N–H and O–H groups in total. The summed E-state index contributed by atoms with van der Waals surface area (Å²) in [6.07, 6.45) is 2.41. The van der Waals surface area contributed by atoms with Crippen molar-refractivity contribution in [2.75, 3.05) is 7.05 Å². The SMILES string of the molecule is CN1C=C(F)C=NC1Cl. The van der Waals surface area contributed by atoms with E-state index in [9.17, 15) is 4.39 Å². The van der Waals surface area contributed by atoms with Gasteiger partial charge in [-0.15, -0.1) is 0 Å². The van der Waals surface area contributed by atoms with Gasteiger partial charge >= 0.3 is 0 Å². The molecule has 0 saturated carbocycles. The van der Waals surface area contributed by atoms with Crippen LogP contribution in [0.5, 0.6) is 0 Å². The molecule has 0 bridgehead atoms. The summed E-state index contributed by atoms with van der Waals surface area (Å²) in [5.41, 5.74) is -0.454. The van der Waals surface area contributed by atoms with Gasteiger partial charge in [0.2, 0.25) is 0 Å². The minimum absolute atomic E-state index is 0.366. The van der Waals surface area contributed by atoms with Gasteiger partial charge in [-0.05, 0) is 0 Å². The van der Waals surface area contributed by atoms with Gasteiger partial charge < -0.3 is 4.90 Å². The molecule has 0 aromatic heterocycles. The number of rotatable bonds is 0. The van der Waals surface area contributed by atoms with Crippen LogP contribution in [0.25, 0.3) is 0 Å². The largest absolute Gasteiger partial charge is 0.344 e. The van der Waals surface area contributed by atoms with E-state index in [2.05, 4.69) is 4.99 Å². The summed E-state index contributed by atoms with van der Waals surface area (Å²) in [4.78, 5) is 5.10. The summed E-state index contributed by atoms with van der Waals surface area (Å²) in [6, 6.07) is 0. The van der Waals surface area contributed by atoms with Crippen molar-refractivity contribution in [2.45, 2.75) is 5.62 Å². The van der Waals surface area contributed by atoms with E-state index in [1.165, 1.54) is 11.1 Å². The summed E-state index contributed by atoms with van der Waals surface area (Å²) in [5.74, 6) is -0.366. The van der Waals surface area contributed by atoms with Gasteiger partial charge in [0, 0.05) is 13.2 Å². The number of hydrogen-bond donors (Lipinski definition) is 0. The van der Waals surface area contributed by atoms with Crippen molar-refractivity contribution in [1.29, 1.82) is 0 Å². The molecule has 0 aliphatic carbocycles. The average molecular weight is 149 g/mol. The number of aliphatic imine (C=N–C) groups is 1. The topological polar surface area (TPSA) is 15.6 Å². The van der Waals surface area contributed by atoms with Crippen LogP contribution in [0.2, 0.25) is 0 Å². The standard InChI is InChI=1S/C5H6ClFN2/c1-9-3-4(7)2-8-5(9)6/h2-3,5H,1H3. The van der Waals surface area contributed by atoms with Crippen LogP contribution in [0, 0.1) is 0 Å². The van der Waals surface area contributed by atoms with E-state index >= 15 is 0 Å². The van der Waals surface area contributed by atoms with Gasteiger partial charge in [-0.2, -0.15) is 0 Å². The quantitative estimate of drug-likeness (QED) is 0.374. The normalized spacial score (nSPS) is 26.3. The van der Waals surface area contributed by atoms with Crippen LogP contribution >= 0.6 is 11.6 Å². The molecule has 0 aromatic rings. The van der Waals surface area contributed by atoms with Gasteiger partial charge in [-0.25, -0.2) is 9.38 Å². The van der Waals surface area contributed by atoms with E-state index in [-0.39, 0.29) is 5.83 Å². The molecule has 50 valence electrons. The number of halogens is 2. The predicted octanol–water partition coefficient (Wildman–Crippen LogP) is 1.34. The summed E-state index contributed by atoms with van der Waals surface area (Å²) in [7, 11) is 1.66. The van der Waals surface area contributed by atoms with Crippen LogP contribution in [0.4, 0.5) is 4.39 Å². The summed E-state index contributed by atoms with van der Waals surface area (Å²) >= 11 is 5.55. The minimum atomic E-state index is -0.454. The fraction of sp³-hybridized carbons (Fsp3) is 0.400. The lowest BCUT2D eigenvalue weighted by molar-refractivity contribution is 0.411. The molecule has 1 atom stereocenters. The second-order valence-electron chi connectivity index (χ2n) is 1.77. The maximum atomic E-state index is 12.2. The van der Waals surface area contributed by atoms with Gasteiger partial charge in [0.1, 0.15) is 0 Å². The molecular formula is C5H6ClFN2. The molecule has 2 nitrogen and oxygen atoms in total. The lowest BCUT2D eigenvalue weighted by Gasteiger charge is -2.19. The van der Waals surface area contributed by atoms with E-state index in [0.29, 0.717) is 0 Å². The molecule has 0 saturated heterocycles. The highest BCUT2D eigenvalue weighted by Crippen LogP contribution is 2.11. The number of nitrogens with zero attached hydrogens (tertiary/aromatic N) is 2. The number of hydrogen-bond acceptors (Lipinski definition) is 2.